The van der Waals surface area contributed by atoms with E-state index in [9.17, 15) is 9.18 Å². The monoisotopic (exact) mass is 395 g/mol. The van der Waals surface area contributed by atoms with Gasteiger partial charge in [-0.15, -0.1) is 0 Å². The Bertz CT molecular complexity index is 899. The van der Waals surface area contributed by atoms with Crippen molar-refractivity contribution >= 4 is 12.2 Å². The first-order valence-electron chi connectivity index (χ1n) is 10.1. The molecule has 4 N–H and O–H groups in total. The number of aromatic nitrogens is 1. The molecule has 1 unspecified atom stereocenters. The van der Waals surface area contributed by atoms with Gasteiger partial charge in [0, 0.05) is 23.8 Å². The molecule has 1 aromatic heterocycles. The number of hydrogen-bond donors (Lipinski definition) is 3. The van der Waals surface area contributed by atoms with Gasteiger partial charge in [-0.3, -0.25) is 4.98 Å². The van der Waals surface area contributed by atoms with Crippen molar-refractivity contribution in [3.63, 3.8) is 0 Å². The van der Waals surface area contributed by atoms with E-state index in [-0.39, 0.29) is 23.8 Å². The van der Waals surface area contributed by atoms with Crippen molar-refractivity contribution in [2.45, 2.75) is 37.8 Å². The van der Waals surface area contributed by atoms with Crippen molar-refractivity contribution < 1.29 is 14.3 Å². The maximum Gasteiger partial charge on any atom is 0.404 e. The summed E-state index contributed by atoms with van der Waals surface area (Å²) in [7, 11) is 0. The Morgan fingerprint density at radius 2 is 2.07 bits per heavy atom. The van der Waals surface area contributed by atoms with Gasteiger partial charge in [-0.25, -0.2) is 9.18 Å². The molecule has 4 rings (SSSR count). The van der Waals surface area contributed by atoms with Crippen LogP contribution in [0, 0.1) is 23.6 Å². The molecule has 2 fully saturated rings. The van der Waals surface area contributed by atoms with Gasteiger partial charge in [-0.05, 0) is 73.3 Å². The van der Waals surface area contributed by atoms with Crippen LogP contribution in [0.3, 0.4) is 0 Å². The zero-order valence-corrected chi connectivity index (χ0v) is 16.2. The number of nitrogens with two attached hydrogens (primary N) is 1. The Morgan fingerprint density at radius 1 is 1.21 bits per heavy atom. The van der Waals surface area contributed by atoms with Gasteiger partial charge in [0.15, 0.2) is 0 Å². The van der Waals surface area contributed by atoms with Gasteiger partial charge < -0.3 is 16.2 Å². The summed E-state index contributed by atoms with van der Waals surface area (Å²) in [4.78, 5) is 15.4. The van der Waals surface area contributed by atoms with Crippen LogP contribution in [-0.4, -0.2) is 28.3 Å². The van der Waals surface area contributed by atoms with Crippen molar-refractivity contribution in [1.29, 1.82) is 0 Å². The van der Waals surface area contributed by atoms with E-state index in [2.05, 4.69) is 16.4 Å². The van der Waals surface area contributed by atoms with E-state index < -0.39 is 6.09 Å². The third-order valence-electron chi connectivity index (χ3n) is 6.37. The fraction of sp³-hybridized carbons (Fsp3) is 0.391. The second-order valence-electron chi connectivity index (χ2n) is 8.20. The van der Waals surface area contributed by atoms with Crippen molar-refractivity contribution in [1.82, 2.24) is 10.3 Å². The highest BCUT2D eigenvalue weighted by atomic mass is 19.1. The van der Waals surface area contributed by atoms with Gasteiger partial charge in [0.25, 0.3) is 0 Å². The molecule has 2 aromatic rings. The average molecular weight is 395 g/mol. The van der Waals surface area contributed by atoms with Crippen molar-refractivity contribution in [3.8, 4) is 11.1 Å². The predicted molar refractivity (Wildman–Crippen MR) is 111 cm³/mol. The molecular formula is C23H26FN3O2. The Morgan fingerprint density at radius 3 is 2.79 bits per heavy atom. The van der Waals surface area contributed by atoms with E-state index in [1.165, 1.54) is 12.1 Å². The second kappa shape index (κ2) is 8.33. The third kappa shape index (κ3) is 4.48. The number of amides is 1. The molecule has 152 valence electrons. The number of halogens is 1. The second-order valence-corrected chi connectivity index (χ2v) is 8.20. The van der Waals surface area contributed by atoms with Gasteiger partial charge in [-0.2, -0.15) is 0 Å². The van der Waals surface area contributed by atoms with E-state index in [0.717, 1.165) is 42.5 Å². The van der Waals surface area contributed by atoms with Crippen LogP contribution >= 0.6 is 0 Å². The highest BCUT2D eigenvalue weighted by Crippen LogP contribution is 2.46. The van der Waals surface area contributed by atoms with Crippen LogP contribution in [0.5, 0.6) is 0 Å². The smallest absolute Gasteiger partial charge is 0.404 e. The zero-order valence-electron chi connectivity index (χ0n) is 16.2. The first-order valence-corrected chi connectivity index (χ1v) is 10.1. The molecule has 2 saturated carbocycles. The summed E-state index contributed by atoms with van der Waals surface area (Å²) in [6.45, 7) is 0. The predicted octanol–water partition coefficient (Wildman–Crippen LogP) is 4.30. The number of fused-ring (bicyclic) bond motifs is 1. The quantitative estimate of drug-likeness (QED) is 0.720. The minimum atomic E-state index is -0.944. The fourth-order valence-corrected chi connectivity index (χ4v) is 5.03. The molecule has 0 radical (unpaired) electrons. The summed E-state index contributed by atoms with van der Waals surface area (Å²) >= 11 is 0. The summed E-state index contributed by atoms with van der Waals surface area (Å²) in [5.74, 6) is 0.994. The van der Waals surface area contributed by atoms with E-state index in [0.29, 0.717) is 11.8 Å². The van der Waals surface area contributed by atoms with E-state index >= 15 is 0 Å². The summed E-state index contributed by atoms with van der Waals surface area (Å²) in [6, 6.07) is 10.5. The average Bonchev–Trinajstić information content (AvgIpc) is 3.00. The van der Waals surface area contributed by atoms with Crippen molar-refractivity contribution in [2.24, 2.45) is 23.5 Å². The van der Waals surface area contributed by atoms with Gasteiger partial charge in [0.1, 0.15) is 5.82 Å². The fourth-order valence-electron chi connectivity index (χ4n) is 5.03. The SMILES string of the molecule is N[C@@H]1C[C@H]2CC(NC(=O)O)CC[C@H]2[C@@H]1C=Cc1ccc(-c2cccc(F)c2)cn1. The number of rotatable bonds is 4. The number of carbonyl (C=O) groups is 1. The van der Waals surface area contributed by atoms with Gasteiger partial charge >= 0.3 is 6.09 Å². The summed E-state index contributed by atoms with van der Waals surface area (Å²) in [5.41, 5.74) is 8.95. The molecule has 5 atom stereocenters. The molecule has 6 heteroatoms. The molecule has 0 spiro atoms. The molecule has 0 saturated heterocycles. The minimum Gasteiger partial charge on any atom is -0.465 e. The normalized spacial score (nSPS) is 29.0. The van der Waals surface area contributed by atoms with E-state index in [1.807, 2.05) is 24.3 Å². The standard InChI is InChI=1S/C23H26FN3O2/c24-17-3-1-2-14(10-17)15-4-5-18(26-13-15)6-9-21-20-8-7-19(27-23(28)29)11-16(20)12-22(21)25/h1-6,9-10,13,16,19-22,27H,7-8,11-12,25H2,(H,28,29)/t16-,19?,20-,21+,22-/m1/s1. The molecule has 1 amide bonds. The number of nitrogens with zero attached hydrogens (tertiary/aromatic N) is 1. The summed E-state index contributed by atoms with van der Waals surface area (Å²) in [6.07, 6.45) is 8.66. The maximum absolute atomic E-state index is 13.4. The summed E-state index contributed by atoms with van der Waals surface area (Å²) < 4.78 is 13.4. The molecular weight excluding hydrogens is 369 g/mol. The highest BCUT2D eigenvalue weighted by molar-refractivity contribution is 5.65. The van der Waals surface area contributed by atoms with Gasteiger partial charge in [-0.1, -0.05) is 24.3 Å². The number of benzene rings is 1. The maximum atomic E-state index is 13.4. The van der Waals surface area contributed by atoms with Crippen LogP contribution in [-0.2, 0) is 0 Å². The van der Waals surface area contributed by atoms with Crippen molar-refractivity contribution in [2.75, 3.05) is 0 Å². The molecule has 1 heterocycles. The summed E-state index contributed by atoms with van der Waals surface area (Å²) in [5, 5.41) is 11.6. The lowest BCUT2D eigenvalue weighted by Crippen LogP contribution is -2.39. The Labute approximate surface area is 169 Å². The Hall–Kier alpha value is -2.73. The van der Waals surface area contributed by atoms with Crippen molar-refractivity contribution in [3.05, 3.63) is 60.2 Å². The highest BCUT2D eigenvalue weighted by Gasteiger charge is 2.43. The van der Waals surface area contributed by atoms with E-state index in [1.54, 1.807) is 12.3 Å². The largest absolute Gasteiger partial charge is 0.465 e. The van der Waals surface area contributed by atoms with Crippen LogP contribution in [0.4, 0.5) is 9.18 Å². The van der Waals surface area contributed by atoms with Crippen LogP contribution in [0.1, 0.15) is 31.4 Å². The van der Waals surface area contributed by atoms with Crippen LogP contribution in [0.25, 0.3) is 17.2 Å². The number of pyridine rings is 1. The third-order valence-corrected chi connectivity index (χ3v) is 6.37. The molecule has 1 aromatic carbocycles. The first-order chi connectivity index (χ1) is 14.0. The zero-order chi connectivity index (χ0) is 20.4. The number of hydrogen-bond acceptors (Lipinski definition) is 3. The number of carboxylic acid groups (broad SMARTS) is 1. The Balaban J connectivity index is 1.42. The molecule has 29 heavy (non-hydrogen) atoms. The molecule has 0 aliphatic heterocycles. The van der Waals surface area contributed by atoms with Gasteiger partial charge in [0.05, 0.1) is 5.69 Å². The lowest BCUT2D eigenvalue weighted by molar-refractivity contribution is 0.169. The lowest BCUT2D eigenvalue weighted by atomic mass is 9.75. The number of nitrogens with one attached hydrogen (secondary N) is 1. The first kappa shape index (κ1) is 19.6. The minimum absolute atomic E-state index is 0.0423. The molecule has 2 aliphatic carbocycles. The van der Waals surface area contributed by atoms with Gasteiger partial charge in [0.2, 0.25) is 0 Å². The van der Waals surface area contributed by atoms with Crippen LogP contribution in [0.2, 0.25) is 0 Å². The van der Waals surface area contributed by atoms with Crippen LogP contribution in [0.15, 0.2) is 48.7 Å². The Kier molecular flexibility index (Phi) is 5.62. The van der Waals surface area contributed by atoms with Crippen LogP contribution < -0.4 is 11.1 Å². The molecule has 2 aliphatic rings. The van der Waals surface area contributed by atoms with E-state index in [4.69, 9.17) is 10.8 Å². The molecule has 0 bridgehead atoms. The molecule has 5 nitrogen and oxygen atoms in total. The lowest BCUT2D eigenvalue weighted by Gasteiger charge is -2.33. The topological polar surface area (TPSA) is 88.2 Å².